The molecule has 1 aliphatic heterocycles. The molecule has 1 unspecified atom stereocenters. The van der Waals surface area contributed by atoms with Gasteiger partial charge < -0.3 is 9.88 Å². The van der Waals surface area contributed by atoms with E-state index in [-0.39, 0.29) is 6.04 Å². The average molecular weight is 641 g/mol. The first-order valence-electron chi connectivity index (χ1n) is 17.5. The predicted molar refractivity (Wildman–Crippen MR) is 209 cm³/mol. The zero-order valence-electron chi connectivity index (χ0n) is 27.3. The van der Waals surface area contributed by atoms with E-state index in [2.05, 4.69) is 172 Å². The van der Waals surface area contributed by atoms with Crippen molar-refractivity contribution in [3.05, 3.63) is 174 Å². The topological polar surface area (TPSA) is 34.2 Å². The summed E-state index contributed by atoms with van der Waals surface area (Å²) in [5.41, 5.74) is 12.1. The minimum absolute atomic E-state index is 0.0113. The van der Waals surface area contributed by atoms with Crippen LogP contribution in [0.3, 0.4) is 0 Å². The van der Waals surface area contributed by atoms with Gasteiger partial charge in [0.05, 0.1) is 33.8 Å². The lowest BCUT2D eigenvalue weighted by Crippen LogP contribution is -2.36. The van der Waals surface area contributed by atoms with E-state index in [0.717, 1.165) is 41.2 Å². The van der Waals surface area contributed by atoms with Crippen LogP contribution in [-0.2, 0) is 6.42 Å². The highest BCUT2D eigenvalue weighted by Crippen LogP contribution is 2.42. The van der Waals surface area contributed by atoms with Gasteiger partial charge in [-0.15, -0.1) is 0 Å². The van der Waals surface area contributed by atoms with Gasteiger partial charge in [-0.2, -0.15) is 0 Å². The van der Waals surface area contributed by atoms with Crippen LogP contribution in [0.5, 0.6) is 0 Å². The molecular formula is C46H32N4. The van der Waals surface area contributed by atoms with Crippen LogP contribution in [-0.4, -0.2) is 15.1 Å². The van der Waals surface area contributed by atoms with Crippen molar-refractivity contribution in [2.75, 3.05) is 0 Å². The summed E-state index contributed by atoms with van der Waals surface area (Å²) in [7, 11) is 0. The quantitative estimate of drug-likeness (QED) is 0.200. The molecule has 4 heteroatoms. The highest BCUT2D eigenvalue weighted by Gasteiger charge is 2.27. The fraction of sp³-hybridized carbons (Fsp3) is 0.0652. The molecule has 0 saturated heterocycles. The number of para-hydroxylation sites is 2. The van der Waals surface area contributed by atoms with E-state index in [1.807, 2.05) is 0 Å². The molecule has 0 saturated carbocycles. The van der Waals surface area contributed by atoms with E-state index in [0.29, 0.717) is 0 Å². The summed E-state index contributed by atoms with van der Waals surface area (Å²) in [4.78, 5) is 5.24. The number of hydrogen-bond acceptors (Lipinski definition) is 2. The number of nitrogens with one attached hydrogen (secondary N) is 1. The van der Waals surface area contributed by atoms with E-state index >= 15 is 0 Å². The minimum Gasteiger partial charge on any atom is -0.344 e. The Bertz CT molecular complexity index is 2900. The molecule has 1 N–H and O–H groups in total. The van der Waals surface area contributed by atoms with Crippen molar-refractivity contribution >= 4 is 72.1 Å². The van der Waals surface area contributed by atoms with Gasteiger partial charge in [-0.1, -0.05) is 115 Å². The monoisotopic (exact) mass is 640 g/mol. The molecule has 0 amide bonds. The highest BCUT2D eigenvalue weighted by atomic mass is 15.2. The Balaban J connectivity index is 1.17. The summed E-state index contributed by atoms with van der Waals surface area (Å²) in [5, 5.41) is 11.5. The van der Waals surface area contributed by atoms with Crippen LogP contribution in [0.2, 0.25) is 0 Å². The Morgan fingerprint density at radius 2 is 1.32 bits per heavy atom. The number of aromatic nitrogens is 2. The van der Waals surface area contributed by atoms with Crippen LogP contribution in [0.15, 0.2) is 157 Å². The fourth-order valence-corrected chi connectivity index (χ4v) is 8.60. The van der Waals surface area contributed by atoms with Crippen molar-refractivity contribution in [3.63, 3.8) is 0 Å². The zero-order valence-corrected chi connectivity index (χ0v) is 27.3. The summed E-state index contributed by atoms with van der Waals surface area (Å²) < 4.78 is 4.78. The van der Waals surface area contributed by atoms with Gasteiger partial charge >= 0.3 is 0 Å². The molecule has 9 aromatic rings. The Labute approximate surface area is 289 Å². The van der Waals surface area contributed by atoms with Crippen molar-refractivity contribution in [1.29, 1.82) is 0 Å². The number of allylic oxidation sites excluding steroid dienone is 1. The Kier molecular flexibility index (Phi) is 5.81. The Morgan fingerprint density at radius 3 is 2.26 bits per heavy atom. The second-order valence-corrected chi connectivity index (χ2v) is 13.5. The SMILES string of the molecule is C1=Cc2c(ccc3c2c2c4ccccc4ccc2n3-c2ccc3c(c2)c2ccccc2n3C2=Nc3ccccc3C(c3ccccc3)N2)CC1. The Morgan fingerprint density at radius 1 is 0.580 bits per heavy atom. The molecule has 4 nitrogen and oxygen atoms in total. The van der Waals surface area contributed by atoms with Crippen LogP contribution in [0.4, 0.5) is 5.69 Å². The molecule has 7 aromatic carbocycles. The molecule has 2 aromatic heterocycles. The molecular weight excluding hydrogens is 609 g/mol. The first-order chi connectivity index (χ1) is 24.8. The smallest absolute Gasteiger partial charge is 0.209 e. The van der Waals surface area contributed by atoms with Gasteiger partial charge in [0.2, 0.25) is 5.96 Å². The van der Waals surface area contributed by atoms with Crippen molar-refractivity contribution in [2.45, 2.75) is 18.9 Å². The average Bonchev–Trinajstić information content (AvgIpc) is 3.71. The van der Waals surface area contributed by atoms with Gasteiger partial charge in [0.15, 0.2) is 0 Å². The molecule has 0 fully saturated rings. The normalized spacial score (nSPS) is 15.4. The highest BCUT2D eigenvalue weighted by molar-refractivity contribution is 6.24. The van der Waals surface area contributed by atoms with Crippen LogP contribution in [0.1, 0.15) is 34.7 Å². The molecule has 0 spiro atoms. The summed E-state index contributed by atoms with van der Waals surface area (Å²) in [5.74, 6) is 0.832. The maximum Gasteiger partial charge on any atom is 0.209 e. The molecule has 0 radical (unpaired) electrons. The van der Waals surface area contributed by atoms with Crippen LogP contribution in [0.25, 0.3) is 66.1 Å². The van der Waals surface area contributed by atoms with Crippen molar-refractivity contribution in [3.8, 4) is 5.69 Å². The van der Waals surface area contributed by atoms with Crippen LogP contribution >= 0.6 is 0 Å². The predicted octanol–water partition coefficient (Wildman–Crippen LogP) is 11.2. The van der Waals surface area contributed by atoms with Crippen LogP contribution in [0, 0.1) is 0 Å². The first-order valence-corrected chi connectivity index (χ1v) is 17.5. The minimum atomic E-state index is -0.0113. The van der Waals surface area contributed by atoms with E-state index in [9.17, 15) is 0 Å². The second-order valence-electron chi connectivity index (χ2n) is 13.5. The summed E-state index contributed by atoms with van der Waals surface area (Å²) in [6.45, 7) is 0. The third kappa shape index (κ3) is 3.90. The summed E-state index contributed by atoms with van der Waals surface area (Å²) in [6, 6.07) is 52.9. The lowest BCUT2D eigenvalue weighted by atomic mass is 9.92. The van der Waals surface area contributed by atoms with E-state index < -0.39 is 0 Å². The number of benzene rings is 7. The number of rotatable bonds is 2. The third-order valence-corrected chi connectivity index (χ3v) is 10.8. The van der Waals surface area contributed by atoms with Gasteiger partial charge in [-0.3, -0.25) is 4.57 Å². The third-order valence-electron chi connectivity index (χ3n) is 10.8. The maximum absolute atomic E-state index is 5.24. The van der Waals surface area contributed by atoms with Gasteiger partial charge in [-0.05, 0) is 82.8 Å². The van der Waals surface area contributed by atoms with Crippen LogP contribution < -0.4 is 5.32 Å². The maximum atomic E-state index is 5.24. The number of aryl methyl sites for hydroxylation is 1. The lowest BCUT2D eigenvalue weighted by molar-refractivity contribution is 0.731. The van der Waals surface area contributed by atoms with E-state index in [4.69, 9.17) is 4.99 Å². The van der Waals surface area contributed by atoms with Gasteiger partial charge in [0, 0.05) is 32.8 Å². The number of hydrogen-bond donors (Lipinski definition) is 1. The van der Waals surface area contributed by atoms with E-state index in [1.165, 1.54) is 65.6 Å². The molecule has 3 heterocycles. The molecule has 50 heavy (non-hydrogen) atoms. The van der Waals surface area contributed by atoms with Gasteiger partial charge in [0.25, 0.3) is 0 Å². The molecule has 1 atom stereocenters. The number of aliphatic imine (C=N–C) groups is 1. The first kappa shape index (κ1) is 27.5. The molecule has 2 aliphatic rings. The number of fused-ring (bicyclic) bond motifs is 11. The van der Waals surface area contributed by atoms with Gasteiger partial charge in [0.1, 0.15) is 0 Å². The van der Waals surface area contributed by atoms with Gasteiger partial charge in [-0.25, -0.2) is 4.99 Å². The van der Waals surface area contributed by atoms with Crippen molar-refractivity contribution < 1.29 is 0 Å². The molecule has 236 valence electrons. The summed E-state index contributed by atoms with van der Waals surface area (Å²) in [6.07, 6.45) is 6.86. The number of nitrogens with zero attached hydrogens (tertiary/aromatic N) is 3. The fourth-order valence-electron chi connectivity index (χ4n) is 8.60. The van der Waals surface area contributed by atoms with Crippen molar-refractivity contribution in [1.82, 2.24) is 14.5 Å². The standard InChI is InChI=1S/C46H32N4/c1-2-14-31(15-3-1)45-36-19-8-10-20-38(36)47-46(48-45)50-39-21-11-9-18-35(39)37-28-32(24-27-40(37)50)49-41-25-22-29-12-4-6-16-33(29)43(41)44-34-17-7-5-13-30(34)23-26-42(44)49/h1-4,6-12,14-28,45H,5,13H2,(H,47,48). The largest absolute Gasteiger partial charge is 0.344 e. The molecule has 11 rings (SSSR count). The summed E-state index contributed by atoms with van der Waals surface area (Å²) >= 11 is 0. The molecule has 0 bridgehead atoms. The second kappa shape index (κ2) is 10.6. The zero-order chi connectivity index (χ0) is 32.8. The molecule has 1 aliphatic carbocycles. The van der Waals surface area contributed by atoms with Crippen molar-refractivity contribution in [2.24, 2.45) is 4.99 Å². The lowest BCUT2D eigenvalue weighted by Gasteiger charge is -2.28. The Hall–Kier alpha value is -6.39. The van der Waals surface area contributed by atoms with E-state index in [1.54, 1.807) is 0 Å².